The van der Waals surface area contributed by atoms with Gasteiger partial charge in [0.05, 0.1) is 20.2 Å². The molecule has 11 heavy (non-hydrogen) atoms. The first-order chi connectivity index (χ1) is 5.04. The van der Waals surface area contributed by atoms with E-state index in [0.29, 0.717) is 4.47 Å². The van der Waals surface area contributed by atoms with Crippen LogP contribution in [-0.2, 0) is 0 Å². The van der Waals surface area contributed by atoms with Gasteiger partial charge in [0.2, 0.25) is 0 Å². The Bertz CT molecular complexity index is 277. The first-order valence-electron chi connectivity index (χ1n) is 2.62. The van der Waals surface area contributed by atoms with Crippen LogP contribution in [0.4, 0.5) is 10.1 Å². The van der Waals surface area contributed by atoms with Gasteiger partial charge in [0.1, 0.15) is 5.82 Å². The predicted octanol–water partition coefficient (Wildman–Crippen LogP) is 3.48. The lowest BCUT2D eigenvalue weighted by atomic mass is 10.3. The van der Waals surface area contributed by atoms with E-state index in [4.69, 9.17) is 28.9 Å². The molecule has 1 aromatic carbocycles. The van der Waals surface area contributed by atoms with Crippen LogP contribution in [0.3, 0.4) is 0 Å². The molecule has 1 rings (SSSR count). The van der Waals surface area contributed by atoms with E-state index in [1.807, 2.05) is 0 Å². The topological polar surface area (TPSA) is 26.0 Å². The number of hydrogen-bond acceptors (Lipinski definition) is 1. The Kier molecular flexibility index (Phi) is 2.62. The van der Waals surface area contributed by atoms with Crippen molar-refractivity contribution >= 4 is 44.8 Å². The molecule has 1 nitrogen and oxygen atoms in total. The highest BCUT2D eigenvalue weighted by Gasteiger charge is 2.10. The number of halogens is 4. The summed E-state index contributed by atoms with van der Waals surface area (Å²) in [7, 11) is 0. The van der Waals surface area contributed by atoms with E-state index in [2.05, 4.69) is 15.9 Å². The van der Waals surface area contributed by atoms with Gasteiger partial charge in [-0.2, -0.15) is 0 Å². The smallest absolute Gasteiger partial charge is 0.148 e. The molecule has 5 heteroatoms. The Morgan fingerprint density at radius 1 is 1.45 bits per heavy atom. The summed E-state index contributed by atoms with van der Waals surface area (Å²) >= 11 is 14.2. The van der Waals surface area contributed by atoms with Gasteiger partial charge in [0.25, 0.3) is 0 Å². The second-order valence-electron chi connectivity index (χ2n) is 1.88. The second kappa shape index (κ2) is 3.17. The first-order valence-corrected chi connectivity index (χ1v) is 4.17. The number of hydrogen-bond donors (Lipinski definition) is 1. The molecule has 0 radical (unpaired) electrons. The zero-order valence-corrected chi connectivity index (χ0v) is 8.26. The van der Waals surface area contributed by atoms with Crippen LogP contribution in [0.5, 0.6) is 0 Å². The highest BCUT2D eigenvalue weighted by atomic mass is 79.9. The number of nitrogens with two attached hydrogens (primary N) is 1. The van der Waals surface area contributed by atoms with Crippen molar-refractivity contribution < 1.29 is 4.39 Å². The molecule has 0 aliphatic carbocycles. The Hall–Kier alpha value is 0.01000. The van der Waals surface area contributed by atoms with Crippen LogP contribution in [0.1, 0.15) is 0 Å². The van der Waals surface area contributed by atoms with E-state index < -0.39 is 5.82 Å². The fourth-order valence-corrected chi connectivity index (χ4v) is 1.44. The molecule has 0 heterocycles. The van der Waals surface area contributed by atoms with Crippen molar-refractivity contribution in [1.29, 1.82) is 0 Å². The van der Waals surface area contributed by atoms with Crippen LogP contribution in [0.15, 0.2) is 10.5 Å². The summed E-state index contributed by atoms with van der Waals surface area (Å²) in [5.41, 5.74) is 5.26. The fraction of sp³-hybridized carbons (Fsp3) is 0. The predicted molar refractivity (Wildman–Crippen MR) is 48.5 cm³/mol. The molecule has 0 bridgehead atoms. The lowest BCUT2D eigenvalue weighted by molar-refractivity contribution is 0.632. The second-order valence-corrected chi connectivity index (χ2v) is 3.46. The summed E-state index contributed by atoms with van der Waals surface area (Å²) in [5, 5.41) is 0.371. The molecule has 0 fully saturated rings. The van der Waals surface area contributed by atoms with Crippen LogP contribution >= 0.6 is 39.1 Å². The van der Waals surface area contributed by atoms with E-state index in [1.165, 1.54) is 0 Å². The van der Waals surface area contributed by atoms with Gasteiger partial charge in [0, 0.05) is 0 Å². The summed E-state index contributed by atoms with van der Waals surface area (Å²) in [5.74, 6) is -0.578. The molecule has 60 valence electrons. The van der Waals surface area contributed by atoms with Gasteiger partial charge in [-0.25, -0.2) is 4.39 Å². The van der Waals surface area contributed by atoms with Gasteiger partial charge < -0.3 is 5.73 Å². The molecular weight excluding hydrogens is 256 g/mol. The van der Waals surface area contributed by atoms with E-state index in [0.717, 1.165) is 6.07 Å². The minimum atomic E-state index is -0.578. The van der Waals surface area contributed by atoms with Crippen LogP contribution in [0.2, 0.25) is 10.0 Å². The van der Waals surface area contributed by atoms with Crippen LogP contribution in [0, 0.1) is 5.82 Å². The van der Waals surface area contributed by atoms with E-state index in [-0.39, 0.29) is 15.7 Å². The molecule has 0 amide bonds. The SMILES string of the molecule is Nc1c(F)cc(Cl)c(Cl)c1Br. The lowest BCUT2D eigenvalue weighted by Crippen LogP contribution is -1.92. The van der Waals surface area contributed by atoms with Crippen molar-refractivity contribution in [1.82, 2.24) is 0 Å². The van der Waals surface area contributed by atoms with Gasteiger partial charge in [-0.05, 0) is 22.0 Å². The molecule has 2 N–H and O–H groups in total. The zero-order chi connectivity index (χ0) is 8.59. The first kappa shape index (κ1) is 9.10. The largest absolute Gasteiger partial charge is 0.395 e. The highest BCUT2D eigenvalue weighted by Crippen LogP contribution is 2.36. The molecule has 0 saturated carbocycles. The third-order valence-electron chi connectivity index (χ3n) is 1.15. The van der Waals surface area contributed by atoms with Crippen LogP contribution in [-0.4, -0.2) is 0 Å². The Labute approximate surface area is 81.4 Å². The molecule has 0 aromatic heterocycles. The van der Waals surface area contributed by atoms with Gasteiger partial charge in [-0.3, -0.25) is 0 Å². The molecule has 0 atom stereocenters. The summed E-state index contributed by atoms with van der Waals surface area (Å²) in [6.45, 7) is 0. The standard InChI is InChI=1S/C6H3BrCl2FN/c7-4-5(9)2(8)1-3(10)6(4)11/h1H,11H2. The summed E-state index contributed by atoms with van der Waals surface area (Å²) in [6.07, 6.45) is 0. The minimum Gasteiger partial charge on any atom is -0.395 e. The molecule has 0 unspecified atom stereocenters. The average molecular weight is 259 g/mol. The van der Waals surface area contributed by atoms with Gasteiger partial charge in [0.15, 0.2) is 0 Å². The average Bonchev–Trinajstić information content (AvgIpc) is 1.97. The number of rotatable bonds is 0. The number of nitrogen functional groups attached to an aromatic ring is 1. The molecule has 0 aliphatic rings. The maximum absolute atomic E-state index is 12.7. The maximum Gasteiger partial charge on any atom is 0.148 e. The maximum atomic E-state index is 12.7. The third-order valence-corrected chi connectivity index (χ3v) is 2.99. The Morgan fingerprint density at radius 3 is 2.55 bits per heavy atom. The highest BCUT2D eigenvalue weighted by molar-refractivity contribution is 9.10. The van der Waals surface area contributed by atoms with Gasteiger partial charge >= 0.3 is 0 Å². The van der Waals surface area contributed by atoms with Crippen LogP contribution in [0.25, 0.3) is 0 Å². The normalized spacial score (nSPS) is 10.2. The zero-order valence-electron chi connectivity index (χ0n) is 5.17. The Morgan fingerprint density at radius 2 is 2.00 bits per heavy atom. The molecule has 1 aromatic rings. The fourth-order valence-electron chi connectivity index (χ4n) is 0.580. The van der Waals surface area contributed by atoms with Crippen molar-refractivity contribution in [3.8, 4) is 0 Å². The van der Waals surface area contributed by atoms with E-state index >= 15 is 0 Å². The van der Waals surface area contributed by atoms with Crippen molar-refractivity contribution in [2.24, 2.45) is 0 Å². The van der Waals surface area contributed by atoms with Gasteiger partial charge in [-0.1, -0.05) is 23.2 Å². The summed E-state index contributed by atoms with van der Waals surface area (Å²) in [4.78, 5) is 0. The molecule has 0 saturated heterocycles. The summed E-state index contributed by atoms with van der Waals surface area (Å²) < 4.78 is 13.0. The molecular formula is C6H3BrCl2FN. The minimum absolute atomic E-state index is 0.0283. The molecule has 0 spiro atoms. The number of benzene rings is 1. The lowest BCUT2D eigenvalue weighted by Gasteiger charge is -2.03. The monoisotopic (exact) mass is 257 g/mol. The van der Waals surface area contributed by atoms with Crippen molar-refractivity contribution in [2.75, 3.05) is 5.73 Å². The van der Waals surface area contributed by atoms with Gasteiger partial charge in [-0.15, -0.1) is 0 Å². The number of anilines is 1. The Balaban J connectivity index is 3.46. The molecule has 0 aliphatic heterocycles. The van der Waals surface area contributed by atoms with E-state index in [9.17, 15) is 4.39 Å². The van der Waals surface area contributed by atoms with Crippen molar-refractivity contribution in [3.63, 3.8) is 0 Å². The van der Waals surface area contributed by atoms with E-state index in [1.54, 1.807) is 0 Å². The quantitative estimate of drug-likeness (QED) is 0.430. The van der Waals surface area contributed by atoms with Crippen molar-refractivity contribution in [2.45, 2.75) is 0 Å². The van der Waals surface area contributed by atoms with Crippen LogP contribution < -0.4 is 5.73 Å². The third kappa shape index (κ3) is 1.60. The van der Waals surface area contributed by atoms with Crippen molar-refractivity contribution in [3.05, 3.63) is 26.4 Å². The summed E-state index contributed by atoms with van der Waals surface area (Å²) in [6, 6.07) is 1.07.